The number of benzene rings is 1. The Morgan fingerprint density at radius 2 is 2.12 bits per heavy atom. The maximum Gasteiger partial charge on any atom is 0.325 e. The Balaban J connectivity index is 1.77. The van der Waals surface area contributed by atoms with Crippen LogP contribution in [0.2, 0.25) is 5.02 Å². The van der Waals surface area contributed by atoms with Crippen molar-refractivity contribution in [3.8, 4) is 11.5 Å². The van der Waals surface area contributed by atoms with Gasteiger partial charge in [-0.05, 0) is 12.1 Å². The molecule has 0 spiro atoms. The van der Waals surface area contributed by atoms with Crippen LogP contribution in [0.5, 0.6) is 11.5 Å². The summed E-state index contributed by atoms with van der Waals surface area (Å²) in [5.74, 6) is -0.762. The van der Waals surface area contributed by atoms with Crippen LogP contribution in [0.3, 0.4) is 0 Å². The average molecular weight is 353 g/mol. The van der Waals surface area contributed by atoms with Gasteiger partial charge in [-0.25, -0.2) is 9.67 Å². The van der Waals surface area contributed by atoms with Crippen LogP contribution in [0.1, 0.15) is 16.8 Å². The minimum absolute atomic E-state index is 0.00974. The van der Waals surface area contributed by atoms with E-state index in [0.717, 1.165) is 11.1 Å². The standard InChI is InChI=1S/C14H13ClN4O5/c15-9-4-8(5-10-12(9)24-3-1-2-23-10)13(22)17-14-16-7-19(18-14)6-11(20)21/h4-5,7H,1-3,6H2,(H,20,21)(H,17,18,22). The summed E-state index contributed by atoms with van der Waals surface area (Å²) in [6.07, 6.45) is 1.93. The van der Waals surface area contributed by atoms with Gasteiger partial charge in [-0.15, -0.1) is 5.10 Å². The fourth-order valence-electron chi connectivity index (χ4n) is 2.10. The van der Waals surface area contributed by atoms with Crippen molar-refractivity contribution >= 4 is 29.4 Å². The number of carbonyl (C=O) groups excluding carboxylic acids is 1. The van der Waals surface area contributed by atoms with Crippen LogP contribution in [0.25, 0.3) is 0 Å². The Kier molecular flexibility index (Phi) is 4.52. The van der Waals surface area contributed by atoms with Gasteiger partial charge in [-0.2, -0.15) is 0 Å². The molecule has 0 aliphatic carbocycles. The van der Waals surface area contributed by atoms with Gasteiger partial charge in [0.2, 0.25) is 5.95 Å². The van der Waals surface area contributed by atoms with Crippen molar-refractivity contribution in [1.29, 1.82) is 0 Å². The summed E-state index contributed by atoms with van der Waals surface area (Å²) in [6, 6.07) is 2.98. The SMILES string of the molecule is O=C(O)Cn1cnc(NC(=O)c2cc(Cl)c3c(c2)OCCCO3)n1. The lowest BCUT2D eigenvalue weighted by Crippen LogP contribution is -2.14. The molecule has 2 N–H and O–H groups in total. The van der Waals surface area contributed by atoms with Gasteiger partial charge in [-0.3, -0.25) is 14.9 Å². The van der Waals surface area contributed by atoms with E-state index in [0.29, 0.717) is 24.7 Å². The first-order chi connectivity index (χ1) is 11.5. The first-order valence-electron chi connectivity index (χ1n) is 7.04. The van der Waals surface area contributed by atoms with E-state index in [4.69, 9.17) is 26.2 Å². The molecule has 0 bridgehead atoms. The highest BCUT2D eigenvalue weighted by Gasteiger charge is 2.19. The fourth-order valence-corrected chi connectivity index (χ4v) is 2.37. The number of rotatable bonds is 4. The van der Waals surface area contributed by atoms with Crippen LogP contribution < -0.4 is 14.8 Å². The molecule has 0 atom stereocenters. The van der Waals surface area contributed by atoms with Crippen molar-refractivity contribution in [3.05, 3.63) is 29.0 Å². The third kappa shape index (κ3) is 3.57. The molecule has 1 aliphatic rings. The molecule has 0 unspecified atom stereocenters. The molecule has 126 valence electrons. The number of aromatic nitrogens is 3. The van der Waals surface area contributed by atoms with Crippen molar-refractivity contribution in [2.24, 2.45) is 0 Å². The van der Waals surface area contributed by atoms with Crippen molar-refractivity contribution in [2.45, 2.75) is 13.0 Å². The van der Waals surface area contributed by atoms with Crippen molar-refractivity contribution < 1.29 is 24.2 Å². The van der Waals surface area contributed by atoms with E-state index in [2.05, 4.69) is 15.4 Å². The number of nitrogens with zero attached hydrogens (tertiary/aromatic N) is 3. The number of anilines is 1. The number of carboxylic acid groups (broad SMARTS) is 1. The van der Waals surface area contributed by atoms with Crippen LogP contribution >= 0.6 is 11.6 Å². The molecule has 1 aliphatic heterocycles. The molecule has 1 amide bonds. The van der Waals surface area contributed by atoms with E-state index in [1.165, 1.54) is 18.5 Å². The first-order valence-corrected chi connectivity index (χ1v) is 7.42. The second-order valence-corrected chi connectivity index (χ2v) is 5.36. The number of amides is 1. The topological polar surface area (TPSA) is 116 Å². The summed E-state index contributed by atoms with van der Waals surface area (Å²) < 4.78 is 12.1. The Morgan fingerprint density at radius 3 is 2.92 bits per heavy atom. The molecule has 0 saturated heterocycles. The van der Waals surface area contributed by atoms with Crippen molar-refractivity contribution in [2.75, 3.05) is 18.5 Å². The molecule has 0 fully saturated rings. The third-order valence-electron chi connectivity index (χ3n) is 3.12. The van der Waals surface area contributed by atoms with Gasteiger partial charge in [0.05, 0.1) is 18.2 Å². The molecule has 24 heavy (non-hydrogen) atoms. The van der Waals surface area contributed by atoms with Crippen LogP contribution in [0, 0.1) is 0 Å². The Bertz CT molecular complexity index is 791. The Labute approximate surface area is 141 Å². The van der Waals surface area contributed by atoms with Crippen LogP contribution in [-0.2, 0) is 11.3 Å². The van der Waals surface area contributed by atoms with Gasteiger partial charge in [0.15, 0.2) is 11.5 Å². The molecular formula is C14H13ClN4O5. The largest absolute Gasteiger partial charge is 0.489 e. The Morgan fingerprint density at radius 1 is 1.33 bits per heavy atom. The maximum atomic E-state index is 12.3. The second-order valence-electron chi connectivity index (χ2n) is 4.95. The first kappa shape index (κ1) is 16.1. The number of halogens is 1. The van der Waals surface area contributed by atoms with Crippen LogP contribution in [-0.4, -0.2) is 45.0 Å². The minimum atomic E-state index is -1.06. The zero-order valence-electron chi connectivity index (χ0n) is 12.4. The fraction of sp³-hybridized carbons (Fsp3) is 0.286. The molecule has 9 nitrogen and oxygen atoms in total. The van der Waals surface area contributed by atoms with E-state index >= 15 is 0 Å². The van der Waals surface area contributed by atoms with E-state index in [1.807, 2.05) is 0 Å². The number of hydrogen-bond donors (Lipinski definition) is 2. The molecular weight excluding hydrogens is 340 g/mol. The normalized spacial score (nSPS) is 13.2. The molecule has 1 aromatic heterocycles. The monoisotopic (exact) mass is 352 g/mol. The van der Waals surface area contributed by atoms with Crippen molar-refractivity contribution in [3.63, 3.8) is 0 Å². The minimum Gasteiger partial charge on any atom is -0.489 e. The van der Waals surface area contributed by atoms with Gasteiger partial charge in [-0.1, -0.05) is 11.6 Å². The van der Waals surface area contributed by atoms with Gasteiger partial charge in [0, 0.05) is 12.0 Å². The number of ether oxygens (including phenoxy) is 2. The van der Waals surface area contributed by atoms with Gasteiger partial charge >= 0.3 is 5.97 Å². The molecule has 10 heteroatoms. The summed E-state index contributed by atoms with van der Waals surface area (Å²) in [5, 5.41) is 15.3. The zero-order chi connectivity index (χ0) is 17.1. The van der Waals surface area contributed by atoms with Gasteiger partial charge in [0.25, 0.3) is 5.91 Å². The molecule has 1 aromatic carbocycles. The zero-order valence-corrected chi connectivity index (χ0v) is 13.1. The third-order valence-corrected chi connectivity index (χ3v) is 3.40. The van der Waals surface area contributed by atoms with E-state index in [1.54, 1.807) is 0 Å². The number of carbonyl (C=O) groups is 2. The van der Waals surface area contributed by atoms with E-state index < -0.39 is 11.9 Å². The van der Waals surface area contributed by atoms with Gasteiger partial charge < -0.3 is 14.6 Å². The predicted molar refractivity (Wildman–Crippen MR) is 82.7 cm³/mol. The lowest BCUT2D eigenvalue weighted by atomic mass is 10.2. The maximum absolute atomic E-state index is 12.3. The summed E-state index contributed by atoms with van der Waals surface area (Å²) in [5.41, 5.74) is 0.249. The summed E-state index contributed by atoms with van der Waals surface area (Å²) >= 11 is 6.14. The number of hydrogen-bond acceptors (Lipinski definition) is 6. The highest BCUT2D eigenvalue weighted by Crippen LogP contribution is 2.38. The van der Waals surface area contributed by atoms with E-state index in [-0.39, 0.29) is 23.1 Å². The summed E-state index contributed by atoms with van der Waals surface area (Å²) in [7, 11) is 0. The number of aliphatic carboxylic acids is 1. The smallest absolute Gasteiger partial charge is 0.325 e. The number of carboxylic acids is 1. The lowest BCUT2D eigenvalue weighted by Gasteiger charge is -2.11. The predicted octanol–water partition coefficient (Wildman–Crippen LogP) is 1.43. The summed E-state index contributed by atoms with van der Waals surface area (Å²) in [4.78, 5) is 26.7. The molecule has 0 saturated carbocycles. The Hall–Kier alpha value is -2.81. The summed E-state index contributed by atoms with van der Waals surface area (Å²) in [6.45, 7) is 0.609. The number of fused-ring (bicyclic) bond motifs is 1. The molecule has 0 radical (unpaired) electrons. The quantitative estimate of drug-likeness (QED) is 0.855. The molecule has 2 aromatic rings. The highest BCUT2D eigenvalue weighted by molar-refractivity contribution is 6.32. The van der Waals surface area contributed by atoms with Crippen molar-refractivity contribution in [1.82, 2.24) is 14.8 Å². The number of nitrogens with one attached hydrogen (secondary N) is 1. The van der Waals surface area contributed by atoms with Crippen LogP contribution in [0.4, 0.5) is 5.95 Å². The van der Waals surface area contributed by atoms with E-state index in [9.17, 15) is 9.59 Å². The van der Waals surface area contributed by atoms with Gasteiger partial charge in [0.1, 0.15) is 12.9 Å². The highest BCUT2D eigenvalue weighted by atomic mass is 35.5. The molecule has 3 rings (SSSR count). The lowest BCUT2D eigenvalue weighted by molar-refractivity contribution is -0.137. The molecule has 2 heterocycles. The second kappa shape index (κ2) is 6.75. The van der Waals surface area contributed by atoms with Crippen LogP contribution in [0.15, 0.2) is 18.5 Å². The average Bonchev–Trinajstić information content (AvgIpc) is 2.81.